The van der Waals surface area contributed by atoms with Crippen LogP contribution in [0.2, 0.25) is 0 Å². The molecule has 1 amide bonds. The molecule has 0 N–H and O–H groups in total. The molecule has 0 atom stereocenters. The zero-order chi connectivity index (χ0) is 14.3. The molecule has 19 heavy (non-hydrogen) atoms. The van der Waals surface area contributed by atoms with Gasteiger partial charge in [-0.15, -0.1) is 0 Å². The second-order valence-corrected chi connectivity index (χ2v) is 4.68. The number of aromatic nitrogens is 2. The fourth-order valence-electron chi connectivity index (χ4n) is 1.70. The average molecular weight is 268 g/mol. The van der Waals surface area contributed by atoms with Crippen LogP contribution >= 0.6 is 0 Å². The maximum atomic E-state index is 12.0. The van der Waals surface area contributed by atoms with Crippen molar-refractivity contribution in [2.24, 2.45) is 0 Å². The summed E-state index contributed by atoms with van der Waals surface area (Å²) in [6.45, 7) is 5.27. The molecule has 1 aromatic heterocycles. The second kappa shape index (κ2) is 7.91. The van der Waals surface area contributed by atoms with E-state index in [0.717, 1.165) is 18.7 Å². The molecule has 0 unspecified atom stereocenters. The highest BCUT2D eigenvalue weighted by Gasteiger charge is 2.12. The number of rotatable bonds is 8. The predicted octanol–water partition coefficient (Wildman–Crippen LogP) is 0.440. The summed E-state index contributed by atoms with van der Waals surface area (Å²) >= 11 is 0. The minimum atomic E-state index is 0.0999. The third-order valence-corrected chi connectivity index (χ3v) is 2.94. The van der Waals surface area contributed by atoms with Crippen molar-refractivity contribution in [2.75, 3.05) is 40.9 Å². The lowest BCUT2D eigenvalue weighted by atomic mass is 10.3. The summed E-state index contributed by atoms with van der Waals surface area (Å²) in [5.41, 5.74) is 1.05. The van der Waals surface area contributed by atoms with Crippen molar-refractivity contribution in [2.45, 2.75) is 20.0 Å². The van der Waals surface area contributed by atoms with Crippen molar-refractivity contribution in [3.8, 4) is 0 Å². The minimum absolute atomic E-state index is 0.0999. The summed E-state index contributed by atoms with van der Waals surface area (Å²) in [4.78, 5) is 15.7. The van der Waals surface area contributed by atoms with E-state index in [0.29, 0.717) is 19.7 Å². The van der Waals surface area contributed by atoms with Gasteiger partial charge in [0.25, 0.3) is 0 Å². The van der Waals surface area contributed by atoms with Crippen molar-refractivity contribution in [3.63, 3.8) is 0 Å². The van der Waals surface area contributed by atoms with Gasteiger partial charge in [-0.25, -0.2) is 0 Å². The lowest BCUT2D eigenvalue weighted by Crippen LogP contribution is -2.37. The molecule has 0 saturated carbocycles. The van der Waals surface area contributed by atoms with E-state index in [4.69, 9.17) is 4.74 Å². The van der Waals surface area contributed by atoms with Crippen LogP contribution in [0.1, 0.15) is 12.5 Å². The van der Waals surface area contributed by atoms with Gasteiger partial charge in [-0.05, 0) is 14.0 Å². The van der Waals surface area contributed by atoms with Crippen molar-refractivity contribution in [1.29, 1.82) is 0 Å². The Morgan fingerprint density at radius 2 is 2.21 bits per heavy atom. The smallest absolute Gasteiger partial charge is 0.236 e. The molecule has 0 saturated heterocycles. The molecule has 6 nitrogen and oxygen atoms in total. The number of amides is 1. The first-order valence-electron chi connectivity index (χ1n) is 6.49. The van der Waals surface area contributed by atoms with E-state index in [1.807, 2.05) is 43.0 Å². The van der Waals surface area contributed by atoms with Crippen LogP contribution in [0.15, 0.2) is 12.4 Å². The number of carbonyl (C=O) groups is 1. The van der Waals surface area contributed by atoms with Gasteiger partial charge in [0.15, 0.2) is 0 Å². The Bertz CT molecular complexity index is 392. The molecule has 1 aromatic rings. The number of aryl methyl sites for hydroxylation is 1. The van der Waals surface area contributed by atoms with Crippen LogP contribution in [0.25, 0.3) is 0 Å². The predicted molar refractivity (Wildman–Crippen MR) is 73.7 cm³/mol. The Labute approximate surface area is 114 Å². The first kappa shape index (κ1) is 15.7. The van der Waals surface area contributed by atoms with E-state index in [-0.39, 0.29) is 5.91 Å². The quantitative estimate of drug-likeness (QED) is 0.686. The molecule has 6 heteroatoms. The fourth-order valence-corrected chi connectivity index (χ4v) is 1.70. The molecule has 108 valence electrons. The van der Waals surface area contributed by atoms with Gasteiger partial charge in [0.2, 0.25) is 5.91 Å². The normalized spacial score (nSPS) is 11.0. The molecule has 1 heterocycles. The summed E-state index contributed by atoms with van der Waals surface area (Å²) in [5.74, 6) is 0.0999. The van der Waals surface area contributed by atoms with Crippen molar-refractivity contribution < 1.29 is 9.53 Å². The lowest BCUT2D eigenvalue weighted by Gasteiger charge is -2.21. The topological polar surface area (TPSA) is 50.6 Å². The number of carbonyl (C=O) groups excluding carboxylic acids is 1. The lowest BCUT2D eigenvalue weighted by molar-refractivity contribution is -0.131. The van der Waals surface area contributed by atoms with Gasteiger partial charge in [0.1, 0.15) is 0 Å². The standard InChI is InChI=1S/C13H24N4O2/c1-5-17-10-12(8-14-17)9-16(3)13(18)11-15(2)6-7-19-4/h8,10H,5-7,9,11H2,1-4H3. The summed E-state index contributed by atoms with van der Waals surface area (Å²) in [6.07, 6.45) is 3.78. The Hall–Kier alpha value is -1.40. The third-order valence-electron chi connectivity index (χ3n) is 2.94. The molecule has 0 aliphatic rings. The summed E-state index contributed by atoms with van der Waals surface area (Å²) in [5, 5.41) is 4.20. The maximum absolute atomic E-state index is 12.0. The molecule has 0 aliphatic heterocycles. The number of hydrogen-bond donors (Lipinski definition) is 0. The van der Waals surface area contributed by atoms with E-state index < -0.39 is 0 Å². The Balaban J connectivity index is 2.39. The van der Waals surface area contributed by atoms with Gasteiger partial charge in [-0.1, -0.05) is 0 Å². The zero-order valence-corrected chi connectivity index (χ0v) is 12.3. The molecule has 1 rings (SSSR count). The van der Waals surface area contributed by atoms with Crippen LogP contribution < -0.4 is 0 Å². The number of ether oxygens (including phenoxy) is 1. The van der Waals surface area contributed by atoms with Crippen LogP contribution in [-0.2, 0) is 22.6 Å². The molecule has 0 aromatic carbocycles. The third kappa shape index (κ3) is 5.40. The van der Waals surface area contributed by atoms with Gasteiger partial charge in [-0.3, -0.25) is 14.4 Å². The van der Waals surface area contributed by atoms with Gasteiger partial charge in [0.05, 0.1) is 19.3 Å². The highest BCUT2D eigenvalue weighted by atomic mass is 16.5. The summed E-state index contributed by atoms with van der Waals surface area (Å²) < 4.78 is 6.85. The van der Waals surface area contributed by atoms with Crippen LogP contribution in [-0.4, -0.2) is 66.4 Å². The zero-order valence-electron chi connectivity index (χ0n) is 12.3. The van der Waals surface area contributed by atoms with Gasteiger partial charge in [-0.2, -0.15) is 5.10 Å². The van der Waals surface area contributed by atoms with Crippen molar-refractivity contribution in [1.82, 2.24) is 19.6 Å². The van der Waals surface area contributed by atoms with Gasteiger partial charge < -0.3 is 9.64 Å². The van der Waals surface area contributed by atoms with Gasteiger partial charge in [0, 0.05) is 45.6 Å². The minimum Gasteiger partial charge on any atom is -0.383 e. The molecular weight excluding hydrogens is 244 g/mol. The summed E-state index contributed by atoms with van der Waals surface area (Å²) in [6, 6.07) is 0. The van der Waals surface area contributed by atoms with Gasteiger partial charge >= 0.3 is 0 Å². The second-order valence-electron chi connectivity index (χ2n) is 4.68. The fraction of sp³-hybridized carbons (Fsp3) is 0.692. The largest absolute Gasteiger partial charge is 0.383 e. The van der Waals surface area contributed by atoms with E-state index in [2.05, 4.69) is 5.10 Å². The Morgan fingerprint density at radius 3 is 2.79 bits per heavy atom. The number of hydrogen-bond acceptors (Lipinski definition) is 4. The average Bonchev–Trinajstić information content (AvgIpc) is 2.83. The molecule has 0 spiro atoms. The van der Waals surface area contributed by atoms with Crippen molar-refractivity contribution in [3.05, 3.63) is 18.0 Å². The first-order valence-corrected chi connectivity index (χ1v) is 6.49. The van der Waals surface area contributed by atoms with Crippen LogP contribution in [0.3, 0.4) is 0 Å². The van der Waals surface area contributed by atoms with Crippen molar-refractivity contribution >= 4 is 5.91 Å². The molecular formula is C13H24N4O2. The van der Waals surface area contributed by atoms with E-state index in [9.17, 15) is 4.79 Å². The number of nitrogens with zero attached hydrogens (tertiary/aromatic N) is 4. The molecule has 0 aliphatic carbocycles. The first-order chi connectivity index (χ1) is 9.06. The Kier molecular flexibility index (Phi) is 6.52. The monoisotopic (exact) mass is 268 g/mol. The van der Waals surface area contributed by atoms with Crippen LogP contribution in [0.5, 0.6) is 0 Å². The van der Waals surface area contributed by atoms with E-state index >= 15 is 0 Å². The van der Waals surface area contributed by atoms with Crippen LogP contribution in [0.4, 0.5) is 0 Å². The molecule has 0 fully saturated rings. The number of methoxy groups -OCH3 is 1. The maximum Gasteiger partial charge on any atom is 0.236 e. The SMILES string of the molecule is CCn1cc(CN(C)C(=O)CN(C)CCOC)cn1. The molecule has 0 radical (unpaired) electrons. The molecule has 0 bridgehead atoms. The number of likely N-dealkylation sites (N-methyl/N-ethyl adjacent to an activating group) is 2. The van der Waals surface area contributed by atoms with E-state index in [1.54, 1.807) is 12.0 Å². The van der Waals surface area contributed by atoms with Crippen LogP contribution in [0, 0.1) is 0 Å². The Morgan fingerprint density at radius 1 is 1.47 bits per heavy atom. The highest BCUT2D eigenvalue weighted by molar-refractivity contribution is 5.77. The van der Waals surface area contributed by atoms with E-state index in [1.165, 1.54) is 0 Å². The summed E-state index contributed by atoms with van der Waals surface area (Å²) in [7, 11) is 5.39. The highest BCUT2D eigenvalue weighted by Crippen LogP contribution is 2.03.